The monoisotopic (exact) mass is 316 g/mol. The molecule has 0 fully saturated rings. The smallest absolute Gasteiger partial charge is 0.550 e. The van der Waals surface area contributed by atoms with Gasteiger partial charge in [-0.2, -0.15) is 0 Å². The third-order valence-electron chi connectivity index (χ3n) is 2.51. The molecule has 0 saturated heterocycles. The van der Waals surface area contributed by atoms with E-state index in [1.165, 1.54) is 0 Å². The van der Waals surface area contributed by atoms with Crippen LogP contribution in [0, 0.1) is 0 Å². The van der Waals surface area contributed by atoms with Crippen LogP contribution in [-0.4, -0.2) is 25.2 Å². The summed E-state index contributed by atoms with van der Waals surface area (Å²) in [4.78, 5) is 21.2. The van der Waals surface area contributed by atoms with E-state index in [9.17, 15) is 14.7 Å². The van der Waals surface area contributed by atoms with Gasteiger partial charge in [-0.15, -0.1) is 0 Å². The Hall–Kier alpha value is -0.504. The maximum absolute atomic E-state index is 11.1. The number of carboxylic acid groups (broad SMARTS) is 1. The molecule has 6 heteroatoms. The average Bonchev–Trinajstić information content (AvgIpc) is 2.45. The molecule has 0 N–H and O–H groups in total. The fraction of sp³-hybridized carbons (Fsp3) is 0.333. The fourth-order valence-electron chi connectivity index (χ4n) is 1.43. The quantitative estimate of drug-likeness (QED) is 0.297. The van der Waals surface area contributed by atoms with Gasteiger partial charge in [0.1, 0.15) is 6.61 Å². The number of ether oxygens (including phenoxy) is 2. The maximum Gasteiger partial charge on any atom is 1.00 e. The molecule has 0 aliphatic carbocycles. The van der Waals surface area contributed by atoms with E-state index in [0.717, 1.165) is 11.1 Å². The second-order valence-electron chi connectivity index (χ2n) is 4.09. The van der Waals surface area contributed by atoms with Gasteiger partial charge in [0.2, 0.25) is 0 Å². The summed E-state index contributed by atoms with van der Waals surface area (Å²) in [7, 11) is 0. The third-order valence-corrected chi connectivity index (χ3v) is 2.51. The van der Waals surface area contributed by atoms with Gasteiger partial charge in [0.15, 0.2) is 0 Å². The van der Waals surface area contributed by atoms with Crippen molar-refractivity contribution in [2.24, 2.45) is 0 Å². The van der Waals surface area contributed by atoms with Crippen LogP contribution in [0.1, 0.15) is 24.0 Å². The van der Waals surface area contributed by atoms with Crippen molar-refractivity contribution >= 4 is 18.0 Å². The first-order chi connectivity index (χ1) is 9.61. The van der Waals surface area contributed by atoms with Crippen molar-refractivity contribution in [2.45, 2.75) is 19.4 Å². The number of carbonyl (C=O) groups is 2. The van der Waals surface area contributed by atoms with Gasteiger partial charge in [-0.1, -0.05) is 36.9 Å². The van der Waals surface area contributed by atoms with Crippen molar-refractivity contribution < 1.29 is 75.6 Å². The van der Waals surface area contributed by atoms with Gasteiger partial charge in [-0.25, -0.2) is 0 Å². The second-order valence-corrected chi connectivity index (χ2v) is 4.09. The molecule has 0 spiro atoms. The van der Waals surface area contributed by atoms with E-state index in [-0.39, 0.29) is 77.4 Å². The minimum absolute atomic E-state index is 0. The van der Waals surface area contributed by atoms with Gasteiger partial charge < -0.3 is 19.4 Å². The van der Waals surface area contributed by atoms with E-state index < -0.39 is 11.9 Å². The molecule has 0 aliphatic rings. The molecule has 0 radical (unpaired) electrons. The number of carbonyl (C=O) groups excluding carboxylic acids is 2. The molecule has 0 aromatic heterocycles. The average molecular weight is 316 g/mol. The van der Waals surface area contributed by atoms with Crippen molar-refractivity contribution in [3.63, 3.8) is 0 Å². The normalized spacial score (nSPS) is 9.52. The molecule has 5 nitrogen and oxygen atoms in total. The van der Waals surface area contributed by atoms with E-state index in [1.54, 1.807) is 6.08 Å². The Bertz CT molecular complexity index is 456. The molecule has 0 aliphatic heterocycles. The van der Waals surface area contributed by atoms with Gasteiger partial charge in [-0.05, 0) is 17.5 Å². The van der Waals surface area contributed by atoms with E-state index in [4.69, 9.17) is 9.47 Å². The number of hydrogen-bond acceptors (Lipinski definition) is 5. The van der Waals surface area contributed by atoms with Crippen LogP contribution in [0.4, 0.5) is 0 Å². The Labute approximate surface area is 166 Å². The van der Waals surface area contributed by atoms with Crippen LogP contribution in [0.15, 0.2) is 30.8 Å². The molecular weight excluding hydrogens is 299 g/mol. The summed E-state index contributed by atoms with van der Waals surface area (Å²) in [6, 6.07) is 7.74. The predicted molar refractivity (Wildman–Crippen MR) is 71.4 cm³/mol. The van der Waals surface area contributed by atoms with Crippen LogP contribution in [0.3, 0.4) is 0 Å². The van der Waals surface area contributed by atoms with E-state index >= 15 is 0 Å². The van der Waals surface area contributed by atoms with Crippen LogP contribution in [0.25, 0.3) is 6.08 Å². The summed E-state index contributed by atoms with van der Waals surface area (Å²) in [5.74, 6) is -1.82. The van der Waals surface area contributed by atoms with Gasteiger partial charge in [0, 0.05) is 5.97 Å². The van der Waals surface area contributed by atoms with Crippen molar-refractivity contribution in [3.05, 3.63) is 42.0 Å². The molecule has 21 heavy (non-hydrogen) atoms. The first kappa shape index (κ1) is 20.5. The molecule has 0 amide bonds. The van der Waals surface area contributed by atoms with Crippen molar-refractivity contribution in [1.82, 2.24) is 0 Å². The Kier molecular flexibility index (Phi) is 11.8. The molecule has 0 saturated carbocycles. The van der Waals surface area contributed by atoms with Crippen molar-refractivity contribution in [2.75, 3.05) is 13.2 Å². The molecule has 1 aromatic carbocycles. The Balaban J connectivity index is 0.00000400. The summed E-state index contributed by atoms with van der Waals surface area (Å²) >= 11 is 0. The topological polar surface area (TPSA) is 75.7 Å². The zero-order valence-electron chi connectivity index (χ0n) is 12.2. The first-order valence-electron chi connectivity index (χ1n) is 6.26. The van der Waals surface area contributed by atoms with E-state index in [2.05, 4.69) is 6.58 Å². The zero-order valence-corrected chi connectivity index (χ0v) is 15.3. The summed E-state index contributed by atoms with van der Waals surface area (Å²) in [6.45, 7) is 4.47. The van der Waals surface area contributed by atoms with Crippen molar-refractivity contribution in [3.8, 4) is 0 Å². The molecule has 1 aromatic rings. The Morgan fingerprint density at radius 1 is 1.14 bits per heavy atom. The summed E-state index contributed by atoms with van der Waals surface area (Å²) in [6.07, 6.45) is 1.26. The molecule has 0 heterocycles. The van der Waals surface area contributed by atoms with Gasteiger partial charge in [0.05, 0.1) is 19.6 Å². The van der Waals surface area contributed by atoms with E-state index in [1.807, 2.05) is 24.3 Å². The standard InChI is InChI=1S/C15H18O5.K/c1-2-12-3-5-13(6-4-12)11-19-9-10-20-15(18)8-7-14(16)17;/h2-6H,1,7-11H2,(H,16,17);/q;+1/p-1. The molecule has 108 valence electrons. The van der Waals surface area contributed by atoms with Crippen LogP contribution in [0.2, 0.25) is 0 Å². The number of hydrogen-bond donors (Lipinski definition) is 0. The van der Waals surface area contributed by atoms with Crippen LogP contribution in [-0.2, 0) is 25.7 Å². The second kappa shape index (κ2) is 12.1. The molecule has 0 unspecified atom stereocenters. The number of esters is 1. The van der Waals surface area contributed by atoms with Crippen LogP contribution >= 0.6 is 0 Å². The number of carboxylic acids is 1. The summed E-state index contributed by atoms with van der Waals surface area (Å²) < 4.78 is 10.1. The van der Waals surface area contributed by atoms with Crippen molar-refractivity contribution in [1.29, 1.82) is 0 Å². The zero-order chi connectivity index (χ0) is 14.8. The largest absolute Gasteiger partial charge is 1.00 e. The molecule has 0 atom stereocenters. The van der Waals surface area contributed by atoms with E-state index in [0.29, 0.717) is 6.61 Å². The predicted octanol–water partition coefficient (Wildman–Crippen LogP) is -2.08. The molecular formula is C15H17KO5. The maximum atomic E-state index is 11.1. The Morgan fingerprint density at radius 2 is 1.81 bits per heavy atom. The fourth-order valence-corrected chi connectivity index (χ4v) is 1.43. The summed E-state index contributed by atoms with van der Waals surface area (Å²) in [5.41, 5.74) is 2.05. The van der Waals surface area contributed by atoms with Gasteiger partial charge in [-0.3, -0.25) is 4.79 Å². The van der Waals surface area contributed by atoms with Gasteiger partial charge in [0.25, 0.3) is 0 Å². The van der Waals surface area contributed by atoms with Crippen LogP contribution in [0.5, 0.6) is 0 Å². The van der Waals surface area contributed by atoms with Crippen LogP contribution < -0.4 is 56.5 Å². The number of benzene rings is 1. The third kappa shape index (κ3) is 9.95. The van der Waals surface area contributed by atoms with Gasteiger partial charge >= 0.3 is 57.4 Å². The molecule has 0 bridgehead atoms. The number of aliphatic carboxylic acids is 1. The summed E-state index contributed by atoms with van der Waals surface area (Å²) in [5, 5.41) is 10.1. The Morgan fingerprint density at radius 3 is 2.38 bits per heavy atom. The molecule has 1 rings (SSSR count). The number of rotatable bonds is 9. The minimum atomic E-state index is -1.26. The first-order valence-corrected chi connectivity index (χ1v) is 6.26. The minimum Gasteiger partial charge on any atom is -0.550 e. The SMILES string of the molecule is C=Cc1ccc(COCCOC(=O)CCC(=O)[O-])cc1.[K+].